The zero-order chi connectivity index (χ0) is 21.3. The Hall–Kier alpha value is -2.95. The molecule has 0 saturated heterocycles. The van der Waals surface area contributed by atoms with E-state index in [4.69, 9.17) is 4.98 Å². The molecule has 0 unspecified atom stereocenters. The van der Waals surface area contributed by atoms with Gasteiger partial charge in [0.1, 0.15) is 11.6 Å². The van der Waals surface area contributed by atoms with Crippen LogP contribution in [0, 0.1) is 19.8 Å². The Kier molecular flexibility index (Phi) is 5.71. The molecule has 4 rings (SSSR count). The zero-order valence-corrected chi connectivity index (χ0v) is 17.9. The minimum Gasteiger partial charge on any atom is -0.481 e. The van der Waals surface area contributed by atoms with Crippen LogP contribution in [0.5, 0.6) is 0 Å². The topological polar surface area (TPSA) is 75.1 Å². The summed E-state index contributed by atoms with van der Waals surface area (Å²) in [6.07, 6.45) is 3.32. The SMILES string of the molecule is Cc1cccc([C@@H](C)Nc2nc(C)nc3ccc(C4CCC(C(=O)O)CC4)cc23)c1. The molecule has 2 N–H and O–H groups in total. The summed E-state index contributed by atoms with van der Waals surface area (Å²) in [4.78, 5) is 20.6. The van der Waals surface area contributed by atoms with Crippen molar-refractivity contribution in [2.45, 2.75) is 58.4 Å². The molecular formula is C25H29N3O2. The zero-order valence-electron chi connectivity index (χ0n) is 17.9. The van der Waals surface area contributed by atoms with E-state index in [0.29, 0.717) is 5.92 Å². The van der Waals surface area contributed by atoms with Crippen molar-refractivity contribution in [3.8, 4) is 0 Å². The van der Waals surface area contributed by atoms with Gasteiger partial charge in [-0.1, -0.05) is 35.9 Å². The van der Waals surface area contributed by atoms with E-state index >= 15 is 0 Å². The van der Waals surface area contributed by atoms with Crippen molar-refractivity contribution in [1.82, 2.24) is 9.97 Å². The van der Waals surface area contributed by atoms with Crippen LogP contribution >= 0.6 is 0 Å². The van der Waals surface area contributed by atoms with Crippen molar-refractivity contribution in [2.24, 2.45) is 5.92 Å². The number of aliphatic carboxylic acids is 1. The highest BCUT2D eigenvalue weighted by atomic mass is 16.4. The number of anilines is 1. The number of nitrogens with zero attached hydrogens (tertiary/aromatic N) is 2. The highest BCUT2D eigenvalue weighted by Gasteiger charge is 2.27. The quantitative estimate of drug-likeness (QED) is 0.565. The lowest BCUT2D eigenvalue weighted by Crippen LogP contribution is -2.20. The number of aryl methyl sites for hydroxylation is 2. The summed E-state index contributed by atoms with van der Waals surface area (Å²) in [6, 6.07) is 15.1. The second-order valence-corrected chi connectivity index (χ2v) is 8.56. The van der Waals surface area contributed by atoms with Gasteiger partial charge in [-0.3, -0.25) is 4.79 Å². The third-order valence-corrected chi connectivity index (χ3v) is 6.27. The molecule has 3 aromatic rings. The molecule has 1 aliphatic carbocycles. The van der Waals surface area contributed by atoms with Crippen molar-refractivity contribution in [2.75, 3.05) is 5.32 Å². The van der Waals surface area contributed by atoms with Crippen LogP contribution in [-0.4, -0.2) is 21.0 Å². The van der Waals surface area contributed by atoms with Crippen molar-refractivity contribution in [3.05, 3.63) is 65.0 Å². The Bertz CT molecular complexity index is 1070. The molecule has 0 amide bonds. The van der Waals surface area contributed by atoms with Gasteiger partial charge in [-0.2, -0.15) is 0 Å². The maximum Gasteiger partial charge on any atom is 0.306 e. The van der Waals surface area contributed by atoms with Gasteiger partial charge in [0.25, 0.3) is 0 Å². The number of hydrogen-bond donors (Lipinski definition) is 2. The van der Waals surface area contributed by atoms with Gasteiger partial charge >= 0.3 is 5.97 Å². The third-order valence-electron chi connectivity index (χ3n) is 6.27. The molecule has 1 fully saturated rings. The summed E-state index contributed by atoms with van der Waals surface area (Å²) in [5.74, 6) is 1.14. The van der Waals surface area contributed by atoms with Gasteiger partial charge in [-0.05, 0) is 75.6 Å². The molecule has 5 nitrogen and oxygen atoms in total. The highest BCUT2D eigenvalue weighted by Crippen LogP contribution is 2.37. The lowest BCUT2D eigenvalue weighted by Gasteiger charge is -2.26. The molecule has 5 heteroatoms. The van der Waals surface area contributed by atoms with Gasteiger partial charge < -0.3 is 10.4 Å². The fraction of sp³-hybridized carbons (Fsp3) is 0.400. The van der Waals surface area contributed by atoms with Crippen LogP contribution in [0.15, 0.2) is 42.5 Å². The summed E-state index contributed by atoms with van der Waals surface area (Å²) >= 11 is 0. The molecule has 2 aromatic carbocycles. The summed E-state index contributed by atoms with van der Waals surface area (Å²) in [6.45, 7) is 6.17. The van der Waals surface area contributed by atoms with E-state index in [1.165, 1.54) is 16.7 Å². The summed E-state index contributed by atoms with van der Waals surface area (Å²) < 4.78 is 0. The van der Waals surface area contributed by atoms with E-state index < -0.39 is 5.97 Å². The van der Waals surface area contributed by atoms with E-state index in [0.717, 1.165) is 48.2 Å². The monoisotopic (exact) mass is 403 g/mol. The Balaban J connectivity index is 1.63. The van der Waals surface area contributed by atoms with E-state index in [2.05, 4.69) is 66.6 Å². The molecule has 1 atom stereocenters. The van der Waals surface area contributed by atoms with Crippen LogP contribution in [0.4, 0.5) is 5.82 Å². The fourth-order valence-electron chi connectivity index (χ4n) is 4.53. The van der Waals surface area contributed by atoms with Gasteiger partial charge in [0.15, 0.2) is 0 Å². The van der Waals surface area contributed by atoms with E-state index in [1.54, 1.807) is 0 Å². The smallest absolute Gasteiger partial charge is 0.306 e. The fourth-order valence-corrected chi connectivity index (χ4v) is 4.53. The maximum absolute atomic E-state index is 11.3. The molecule has 1 aromatic heterocycles. The molecule has 1 aliphatic rings. The minimum atomic E-state index is -0.660. The van der Waals surface area contributed by atoms with Crippen molar-refractivity contribution in [3.63, 3.8) is 0 Å². The molecule has 0 spiro atoms. The summed E-state index contributed by atoms with van der Waals surface area (Å²) in [5.41, 5.74) is 4.65. The molecule has 1 heterocycles. The van der Waals surface area contributed by atoms with Crippen LogP contribution in [-0.2, 0) is 4.79 Å². The van der Waals surface area contributed by atoms with Gasteiger partial charge in [0.05, 0.1) is 11.4 Å². The lowest BCUT2D eigenvalue weighted by molar-refractivity contribution is -0.142. The predicted octanol–water partition coefficient (Wildman–Crippen LogP) is 5.78. The van der Waals surface area contributed by atoms with Crippen molar-refractivity contribution in [1.29, 1.82) is 0 Å². The van der Waals surface area contributed by atoms with Gasteiger partial charge in [-0.25, -0.2) is 9.97 Å². The molecule has 30 heavy (non-hydrogen) atoms. The number of benzene rings is 2. The number of nitrogens with one attached hydrogen (secondary N) is 1. The first-order valence-corrected chi connectivity index (χ1v) is 10.7. The number of hydrogen-bond acceptors (Lipinski definition) is 4. The Labute approximate surface area is 177 Å². The number of carboxylic acid groups (broad SMARTS) is 1. The standard InChI is InChI=1S/C25H29N3O2/c1-15-5-4-6-20(13-15)16(2)26-24-22-14-21(11-12-23(22)27-17(3)28-24)18-7-9-19(10-8-18)25(29)30/h4-6,11-14,16,18-19H,7-10H2,1-3H3,(H,29,30)(H,26,27,28)/t16-,18?,19?/m1/s1. The van der Waals surface area contributed by atoms with Crippen LogP contribution < -0.4 is 5.32 Å². The molecule has 0 radical (unpaired) electrons. The number of aromatic nitrogens is 2. The Morgan fingerprint density at radius 2 is 1.83 bits per heavy atom. The molecule has 0 aliphatic heterocycles. The van der Waals surface area contributed by atoms with E-state index in [-0.39, 0.29) is 12.0 Å². The van der Waals surface area contributed by atoms with Crippen LogP contribution in [0.2, 0.25) is 0 Å². The number of carboxylic acids is 1. The van der Waals surface area contributed by atoms with Crippen molar-refractivity contribution >= 4 is 22.7 Å². The highest BCUT2D eigenvalue weighted by molar-refractivity contribution is 5.90. The summed E-state index contributed by atoms with van der Waals surface area (Å²) in [5, 5.41) is 13.9. The van der Waals surface area contributed by atoms with Crippen LogP contribution in [0.3, 0.4) is 0 Å². The Morgan fingerprint density at radius 3 is 2.53 bits per heavy atom. The minimum absolute atomic E-state index is 0.122. The molecule has 1 saturated carbocycles. The van der Waals surface area contributed by atoms with Gasteiger partial charge in [-0.15, -0.1) is 0 Å². The average Bonchev–Trinajstić information content (AvgIpc) is 2.73. The molecular weight excluding hydrogens is 374 g/mol. The van der Waals surface area contributed by atoms with Crippen molar-refractivity contribution < 1.29 is 9.90 Å². The summed E-state index contributed by atoms with van der Waals surface area (Å²) in [7, 11) is 0. The van der Waals surface area contributed by atoms with E-state index in [9.17, 15) is 9.90 Å². The molecule has 156 valence electrons. The number of carbonyl (C=O) groups is 1. The van der Waals surface area contributed by atoms with Crippen LogP contribution in [0.1, 0.15) is 67.1 Å². The first-order valence-electron chi connectivity index (χ1n) is 10.7. The van der Waals surface area contributed by atoms with Crippen LogP contribution in [0.25, 0.3) is 10.9 Å². The maximum atomic E-state index is 11.3. The normalized spacial score (nSPS) is 20.1. The second-order valence-electron chi connectivity index (χ2n) is 8.56. The van der Waals surface area contributed by atoms with Gasteiger partial charge in [0.2, 0.25) is 0 Å². The first kappa shape index (κ1) is 20.3. The number of fused-ring (bicyclic) bond motifs is 1. The molecule has 0 bridgehead atoms. The number of rotatable bonds is 5. The largest absolute Gasteiger partial charge is 0.481 e. The van der Waals surface area contributed by atoms with E-state index in [1.807, 2.05) is 6.92 Å². The van der Waals surface area contributed by atoms with Gasteiger partial charge in [0, 0.05) is 11.4 Å². The first-order chi connectivity index (χ1) is 14.4. The second kappa shape index (κ2) is 8.42. The Morgan fingerprint density at radius 1 is 1.07 bits per heavy atom. The predicted molar refractivity (Wildman–Crippen MR) is 120 cm³/mol. The average molecular weight is 404 g/mol. The lowest BCUT2D eigenvalue weighted by atomic mass is 9.78. The third kappa shape index (κ3) is 4.30.